The van der Waals surface area contributed by atoms with Crippen molar-refractivity contribution in [2.75, 3.05) is 33.3 Å². The maximum atomic E-state index is 13.4. The molecule has 1 aliphatic rings. The summed E-state index contributed by atoms with van der Waals surface area (Å²) in [5.41, 5.74) is 3.34. The summed E-state index contributed by atoms with van der Waals surface area (Å²) in [6, 6.07) is 23.0. The fraction of sp³-hybridized carbons (Fsp3) is 0.276. The van der Waals surface area contributed by atoms with Crippen molar-refractivity contribution >= 4 is 22.7 Å². The van der Waals surface area contributed by atoms with Gasteiger partial charge >= 0.3 is 0 Å². The number of aromatic nitrogens is 1. The normalized spacial score (nSPS) is 14.0. The molecule has 36 heavy (non-hydrogen) atoms. The van der Waals surface area contributed by atoms with Crippen molar-refractivity contribution in [3.63, 3.8) is 0 Å². The van der Waals surface area contributed by atoms with Crippen molar-refractivity contribution in [3.05, 3.63) is 83.9 Å². The van der Waals surface area contributed by atoms with Crippen LogP contribution in [0.1, 0.15) is 28.8 Å². The number of methoxy groups -OCH3 is 1. The monoisotopic (exact) mass is 483 g/mol. The zero-order chi connectivity index (χ0) is 24.9. The van der Waals surface area contributed by atoms with Gasteiger partial charge in [-0.2, -0.15) is 0 Å². The third-order valence-corrected chi connectivity index (χ3v) is 6.68. The quantitative estimate of drug-likeness (QED) is 0.393. The first kappa shape index (κ1) is 23.6. The lowest BCUT2D eigenvalue weighted by atomic mass is 10.1. The summed E-state index contributed by atoms with van der Waals surface area (Å²) < 4.78 is 10.8. The number of amides is 2. The van der Waals surface area contributed by atoms with E-state index in [0.29, 0.717) is 50.3 Å². The Bertz CT molecular complexity index is 1350. The van der Waals surface area contributed by atoms with Crippen LogP contribution in [0.5, 0.6) is 5.75 Å². The average Bonchev–Trinajstić information content (AvgIpc) is 3.19. The molecule has 0 N–H and O–H groups in total. The van der Waals surface area contributed by atoms with E-state index in [1.54, 1.807) is 13.2 Å². The molecule has 4 aromatic rings. The summed E-state index contributed by atoms with van der Waals surface area (Å²) in [5, 5.41) is 4.97. The number of benzene rings is 3. The minimum Gasteiger partial charge on any atom is -0.497 e. The topological polar surface area (TPSA) is 75.9 Å². The molecular formula is C29H29N3O4. The van der Waals surface area contributed by atoms with Gasteiger partial charge in [0.25, 0.3) is 5.91 Å². The maximum Gasteiger partial charge on any atom is 0.253 e. The largest absolute Gasteiger partial charge is 0.497 e. The molecule has 0 unspecified atom stereocenters. The number of carbonyl (C=O) groups is 2. The van der Waals surface area contributed by atoms with E-state index in [4.69, 9.17) is 9.26 Å². The molecular weight excluding hydrogens is 454 g/mol. The van der Waals surface area contributed by atoms with Crippen LogP contribution in [0.25, 0.3) is 22.2 Å². The van der Waals surface area contributed by atoms with Gasteiger partial charge in [0, 0.05) is 43.7 Å². The number of nitrogens with zero attached hydrogens (tertiary/aromatic N) is 3. The minimum atomic E-state index is -0.0374. The summed E-state index contributed by atoms with van der Waals surface area (Å²) >= 11 is 0. The lowest BCUT2D eigenvalue weighted by molar-refractivity contribution is -0.131. The lowest BCUT2D eigenvalue weighted by Gasteiger charge is -2.22. The Balaban J connectivity index is 1.22. The lowest BCUT2D eigenvalue weighted by Crippen LogP contribution is -2.37. The van der Waals surface area contributed by atoms with Crippen LogP contribution in [0.3, 0.4) is 0 Å². The van der Waals surface area contributed by atoms with E-state index in [-0.39, 0.29) is 11.8 Å². The Hall–Kier alpha value is -4.13. The molecule has 2 heterocycles. The molecule has 1 fully saturated rings. The molecule has 0 saturated carbocycles. The Morgan fingerprint density at radius 2 is 1.67 bits per heavy atom. The van der Waals surface area contributed by atoms with Crippen molar-refractivity contribution in [1.82, 2.24) is 15.0 Å². The van der Waals surface area contributed by atoms with E-state index in [0.717, 1.165) is 34.2 Å². The Morgan fingerprint density at radius 3 is 2.44 bits per heavy atom. The average molecular weight is 484 g/mol. The van der Waals surface area contributed by atoms with Crippen molar-refractivity contribution in [3.8, 4) is 17.1 Å². The van der Waals surface area contributed by atoms with Crippen LogP contribution >= 0.6 is 0 Å². The van der Waals surface area contributed by atoms with Crippen LogP contribution in [0, 0.1) is 0 Å². The standard InChI is InChI=1S/C29H29N3O4/c1-35-24-12-8-21(9-13-24)10-15-27(33)31-16-5-17-32(19-18-31)29(34)23-11-14-26-25(20-23)28(36-30-26)22-6-3-2-4-7-22/h2-4,6-9,11-14,20H,5,10,15-19H2,1H3. The molecule has 1 aromatic heterocycles. The van der Waals surface area contributed by atoms with E-state index in [2.05, 4.69) is 5.16 Å². The minimum absolute atomic E-state index is 0.0374. The van der Waals surface area contributed by atoms with Crippen LogP contribution in [-0.4, -0.2) is 60.1 Å². The van der Waals surface area contributed by atoms with E-state index in [1.807, 2.05) is 76.5 Å². The molecule has 1 saturated heterocycles. The van der Waals surface area contributed by atoms with Crippen LogP contribution in [0.2, 0.25) is 0 Å². The zero-order valence-electron chi connectivity index (χ0n) is 20.4. The molecule has 3 aromatic carbocycles. The molecule has 0 radical (unpaired) electrons. The first-order valence-electron chi connectivity index (χ1n) is 12.3. The number of aryl methyl sites for hydroxylation is 1. The SMILES string of the molecule is COc1ccc(CCC(=O)N2CCCN(C(=O)c3ccc4noc(-c5ccccc5)c4c3)CC2)cc1. The first-order chi connectivity index (χ1) is 17.6. The van der Waals surface area contributed by atoms with Gasteiger partial charge in [0.1, 0.15) is 11.3 Å². The van der Waals surface area contributed by atoms with Gasteiger partial charge < -0.3 is 19.1 Å². The van der Waals surface area contributed by atoms with Crippen molar-refractivity contribution in [2.45, 2.75) is 19.3 Å². The second-order valence-electron chi connectivity index (χ2n) is 8.98. The number of hydrogen-bond acceptors (Lipinski definition) is 5. The molecule has 7 nitrogen and oxygen atoms in total. The van der Waals surface area contributed by atoms with Crippen LogP contribution < -0.4 is 4.74 Å². The fourth-order valence-corrected chi connectivity index (χ4v) is 4.63. The van der Waals surface area contributed by atoms with Gasteiger partial charge in [-0.05, 0) is 48.7 Å². The Morgan fingerprint density at radius 1 is 0.917 bits per heavy atom. The highest BCUT2D eigenvalue weighted by atomic mass is 16.5. The van der Waals surface area contributed by atoms with Crippen molar-refractivity contribution in [2.24, 2.45) is 0 Å². The summed E-state index contributed by atoms with van der Waals surface area (Å²) in [6.07, 6.45) is 1.89. The highest BCUT2D eigenvalue weighted by molar-refractivity contribution is 6.01. The van der Waals surface area contributed by atoms with Crippen LogP contribution in [-0.2, 0) is 11.2 Å². The molecule has 0 bridgehead atoms. The predicted octanol–water partition coefficient (Wildman–Crippen LogP) is 4.81. The zero-order valence-corrected chi connectivity index (χ0v) is 20.4. The summed E-state index contributed by atoms with van der Waals surface area (Å²) in [7, 11) is 1.64. The van der Waals surface area contributed by atoms with E-state index in [9.17, 15) is 9.59 Å². The summed E-state index contributed by atoms with van der Waals surface area (Å²) in [4.78, 5) is 30.0. The number of rotatable bonds is 6. The van der Waals surface area contributed by atoms with E-state index in [1.165, 1.54) is 0 Å². The predicted molar refractivity (Wildman–Crippen MR) is 138 cm³/mol. The molecule has 7 heteroatoms. The van der Waals surface area contributed by atoms with Crippen molar-refractivity contribution < 1.29 is 18.8 Å². The maximum absolute atomic E-state index is 13.4. The third-order valence-electron chi connectivity index (χ3n) is 6.68. The van der Waals surface area contributed by atoms with E-state index >= 15 is 0 Å². The molecule has 184 valence electrons. The summed E-state index contributed by atoms with van der Waals surface area (Å²) in [5.74, 6) is 1.55. The number of hydrogen-bond donors (Lipinski definition) is 0. The van der Waals surface area contributed by atoms with Gasteiger partial charge in [-0.3, -0.25) is 9.59 Å². The number of carbonyl (C=O) groups excluding carboxylic acids is 2. The molecule has 0 atom stereocenters. The van der Waals surface area contributed by atoms with Gasteiger partial charge in [-0.1, -0.05) is 47.6 Å². The van der Waals surface area contributed by atoms with E-state index < -0.39 is 0 Å². The Kier molecular flexibility index (Phi) is 6.98. The highest BCUT2D eigenvalue weighted by Gasteiger charge is 2.23. The molecule has 0 spiro atoms. The molecule has 1 aliphatic heterocycles. The third kappa shape index (κ3) is 5.10. The molecule has 0 aliphatic carbocycles. The number of fused-ring (bicyclic) bond motifs is 1. The Labute approximate surface area is 210 Å². The van der Waals surface area contributed by atoms with Gasteiger partial charge in [-0.15, -0.1) is 0 Å². The summed E-state index contributed by atoms with van der Waals surface area (Å²) in [6.45, 7) is 2.33. The number of ether oxygens (including phenoxy) is 1. The van der Waals surface area contributed by atoms with Gasteiger partial charge in [0.2, 0.25) is 5.91 Å². The van der Waals surface area contributed by atoms with Gasteiger partial charge in [-0.25, -0.2) is 0 Å². The fourth-order valence-electron chi connectivity index (χ4n) is 4.63. The second-order valence-corrected chi connectivity index (χ2v) is 8.98. The second kappa shape index (κ2) is 10.6. The van der Waals surface area contributed by atoms with Crippen LogP contribution in [0.15, 0.2) is 77.3 Å². The molecule has 5 rings (SSSR count). The van der Waals surface area contributed by atoms with Crippen LogP contribution in [0.4, 0.5) is 0 Å². The highest BCUT2D eigenvalue weighted by Crippen LogP contribution is 2.29. The first-order valence-corrected chi connectivity index (χ1v) is 12.3. The molecule has 2 amide bonds. The van der Waals surface area contributed by atoms with Gasteiger partial charge in [0.05, 0.1) is 12.5 Å². The smallest absolute Gasteiger partial charge is 0.253 e. The van der Waals surface area contributed by atoms with Crippen molar-refractivity contribution in [1.29, 1.82) is 0 Å². The van der Waals surface area contributed by atoms with Gasteiger partial charge in [0.15, 0.2) is 5.76 Å².